The number of amides is 2. The van der Waals surface area contributed by atoms with E-state index >= 15 is 0 Å². The van der Waals surface area contributed by atoms with Gasteiger partial charge in [0, 0.05) is 0 Å². The van der Waals surface area contributed by atoms with Crippen molar-refractivity contribution in [2.75, 3.05) is 6.61 Å². The number of para-hydroxylation sites is 2. The maximum Gasteiger partial charge on any atom is 0.435 e. The number of nitrogens with zero attached hydrogens (tertiary/aromatic N) is 1. The second-order valence-electron chi connectivity index (χ2n) is 5.63. The lowest BCUT2D eigenvalue weighted by Gasteiger charge is -2.25. The van der Waals surface area contributed by atoms with Gasteiger partial charge in [0.1, 0.15) is 12.2 Å². The highest BCUT2D eigenvalue weighted by Crippen LogP contribution is 2.37. The number of hydrogen-bond acceptors (Lipinski definition) is 5. The minimum atomic E-state index is -5.35. The first kappa shape index (κ1) is 20.3. The summed E-state index contributed by atoms with van der Waals surface area (Å²) in [5.74, 6) is -2.40. The molecule has 0 bridgehead atoms. The summed E-state index contributed by atoms with van der Waals surface area (Å²) in [4.78, 5) is 24.0. The highest BCUT2D eigenvalue weighted by molar-refractivity contribution is 5.98. The van der Waals surface area contributed by atoms with Crippen LogP contribution in [0.2, 0.25) is 0 Å². The van der Waals surface area contributed by atoms with Crippen LogP contribution in [0.15, 0.2) is 24.3 Å². The number of H-pyrrole nitrogens is 1. The zero-order chi connectivity index (χ0) is 21.4. The van der Waals surface area contributed by atoms with E-state index in [1.165, 1.54) is 11.5 Å². The van der Waals surface area contributed by atoms with E-state index in [1.54, 1.807) is 23.6 Å². The molecular formula is C15H10F6N4O4. The van der Waals surface area contributed by atoms with E-state index in [2.05, 4.69) is 5.10 Å². The Hall–Kier alpha value is -3.45. The largest absolute Gasteiger partial charge is 0.485 e. The molecule has 1 aliphatic rings. The number of halogens is 6. The highest BCUT2D eigenvalue weighted by Gasteiger charge is 2.47. The van der Waals surface area contributed by atoms with Gasteiger partial charge in [-0.2, -0.15) is 31.4 Å². The van der Waals surface area contributed by atoms with Crippen LogP contribution < -0.4 is 20.3 Å². The molecule has 3 N–H and O–H groups in total. The van der Waals surface area contributed by atoms with Crippen molar-refractivity contribution in [2.24, 2.45) is 0 Å². The van der Waals surface area contributed by atoms with Gasteiger partial charge in [0.2, 0.25) is 6.10 Å². The molecule has 1 aliphatic heterocycles. The molecule has 1 aromatic carbocycles. The van der Waals surface area contributed by atoms with Gasteiger partial charge in [-0.15, -0.1) is 0 Å². The Kier molecular flexibility index (Phi) is 5.02. The molecule has 0 radical (unpaired) electrons. The Bertz CT molecular complexity index is 908. The fourth-order valence-corrected chi connectivity index (χ4v) is 2.38. The first-order valence-corrected chi connectivity index (χ1v) is 7.70. The zero-order valence-corrected chi connectivity index (χ0v) is 13.9. The Morgan fingerprint density at radius 2 is 1.69 bits per heavy atom. The number of carbonyl (C=O) groups excluding carboxylic acids is 2. The minimum absolute atomic E-state index is 0.193. The zero-order valence-electron chi connectivity index (χ0n) is 13.9. The third-order valence-electron chi connectivity index (χ3n) is 3.65. The van der Waals surface area contributed by atoms with Crippen LogP contribution in [0.5, 0.6) is 11.5 Å². The van der Waals surface area contributed by atoms with Crippen LogP contribution >= 0.6 is 0 Å². The molecule has 0 saturated heterocycles. The molecule has 29 heavy (non-hydrogen) atoms. The van der Waals surface area contributed by atoms with Crippen LogP contribution in [0.3, 0.4) is 0 Å². The summed E-state index contributed by atoms with van der Waals surface area (Å²) in [5.41, 5.74) is -2.70. The van der Waals surface area contributed by atoms with Gasteiger partial charge in [-0.1, -0.05) is 12.1 Å². The van der Waals surface area contributed by atoms with E-state index in [-0.39, 0.29) is 12.4 Å². The van der Waals surface area contributed by atoms with Crippen molar-refractivity contribution in [1.29, 1.82) is 0 Å². The number of fused-ring (bicyclic) bond motifs is 1. The molecule has 0 aliphatic carbocycles. The number of nitrogens with one attached hydrogen (secondary N) is 3. The molecule has 2 heterocycles. The van der Waals surface area contributed by atoms with Crippen molar-refractivity contribution in [2.45, 2.75) is 18.5 Å². The molecule has 1 aromatic heterocycles. The highest BCUT2D eigenvalue weighted by atomic mass is 19.4. The fraction of sp³-hybridized carbons (Fsp3) is 0.267. The average Bonchev–Trinajstić information content (AvgIpc) is 3.11. The smallest absolute Gasteiger partial charge is 0.435 e. The lowest BCUT2D eigenvalue weighted by Crippen LogP contribution is -2.51. The molecule has 1 atom stereocenters. The maximum atomic E-state index is 12.9. The summed E-state index contributed by atoms with van der Waals surface area (Å²) in [6.07, 6.45) is -12.0. The van der Waals surface area contributed by atoms with Gasteiger partial charge in [-0.25, -0.2) is 0 Å². The van der Waals surface area contributed by atoms with Crippen LogP contribution in [0.25, 0.3) is 0 Å². The predicted molar refractivity (Wildman–Crippen MR) is 80.6 cm³/mol. The first-order valence-electron chi connectivity index (χ1n) is 7.70. The Balaban J connectivity index is 1.73. The summed E-state index contributed by atoms with van der Waals surface area (Å²) in [7, 11) is 0. The van der Waals surface area contributed by atoms with E-state index in [9.17, 15) is 35.9 Å². The predicted octanol–water partition coefficient (Wildman–Crippen LogP) is 2.05. The van der Waals surface area contributed by atoms with Gasteiger partial charge in [-0.3, -0.25) is 25.5 Å². The van der Waals surface area contributed by atoms with Gasteiger partial charge in [0.15, 0.2) is 22.9 Å². The van der Waals surface area contributed by atoms with Crippen molar-refractivity contribution in [3.05, 3.63) is 41.2 Å². The SMILES string of the molecule is O=C(NNC(=O)C1COc2ccccc2O1)c1c(C(F)(F)F)n[nH]c1C(F)(F)F. The standard InChI is InChI=1S/C15H10F6N4O4/c16-14(17,18)10-9(11(23-22-10)15(19,20)21)13(27)25-24-12(26)8-5-28-6-3-1-2-4-7(6)29-8/h1-4,8H,5H2,(H,22,23)(H,24,26)(H,25,27). The molecule has 0 fully saturated rings. The second-order valence-corrected chi connectivity index (χ2v) is 5.63. The summed E-state index contributed by atoms with van der Waals surface area (Å²) in [6, 6.07) is 6.26. The third-order valence-corrected chi connectivity index (χ3v) is 3.65. The van der Waals surface area contributed by atoms with Crippen molar-refractivity contribution >= 4 is 11.8 Å². The molecule has 2 aromatic rings. The van der Waals surface area contributed by atoms with Crippen LogP contribution in [-0.2, 0) is 17.1 Å². The van der Waals surface area contributed by atoms with Crippen molar-refractivity contribution in [1.82, 2.24) is 21.0 Å². The van der Waals surface area contributed by atoms with E-state index in [0.717, 1.165) is 5.10 Å². The monoisotopic (exact) mass is 424 g/mol. The van der Waals surface area contributed by atoms with Gasteiger partial charge in [-0.05, 0) is 12.1 Å². The van der Waals surface area contributed by atoms with Crippen LogP contribution in [-0.4, -0.2) is 34.7 Å². The fourth-order valence-electron chi connectivity index (χ4n) is 2.38. The quantitative estimate of drug-likeness (QED) is 0.506. The van der Waals surface area contributed by atoms with E-state index in [1.807, 2.05) is 0 Å². The summed E-state index contributed by atoms with van der Waals surface area (Å²) in [5, 5.41) is 3.68. The average molecular weight is 424 g/mol. The van der Waals surface area contributed by atoms with Crippen LogP contribution in [0, 0.1) is 0 Å². The topological polar surface area (TPSA) is 105 Å². The van der Waals surface area contributed by atoms with Crippen molar-refractivity contribution in [3.63, 3.8) is 0 Å². The van der Waals surface area contributed by atoms with Gasteiger partial charge < -0.3 is 9.47 Å². The number of benzene rings is 1. The number of carbonyl (C=O) groups is 2. The van der Waals surface area contributed by atoms with E-state index in [0.29, 0.717) is 5.75 Å². The summed E-state index contributed by atoms with van der Waals surface area (Å²) < 4.78 is 87.9. The molecule has 1 unspecified atom stereocenters. The molecule has 2 amide bonds. The minimum Gasteiger partial charge on any atom is -0.485 e. The van der Waals surface area contributed by atoms with Crippen LogP contribution in [0.4, 0.5) is 26.3 Å². The molecule has 14 heteroatoms. The molecule has 3 rings (SSSR count). The van der Waals surface area contributed by atoms with Crippen molar-refractivity contribution in [3.8, 4) is 11.5 Å². The number of rotatable bonds is 2. The molecular weight excluding hydrogens is 414 g/mol. The number of hydrazine groups is 1. The number of hydrogen-bond donors (Lipinski definition) is 3. The second kappa shape index (κ2) is 7.18. The van der Waals surface area contributed by atoms with Gasteiger partial charge in [0.05, 0.1) is 0 Å². The molecule has 0 spiro atoms. The maximum absolute atomic E-state index is 12.9. The third kappa shape index (κ3) is 4.20. The molecule has 8 nitrogen and oxygen atoms in total. The first-order chi connectivity index (χ1) is 13.5. The van der Waals surface area contributed by atoms with E-state index < -0.39 is 47.2 Å². The molecule has 0 saturated carbocycles. The Labute approximate surface area is 157 Å². The van der Waals surface area contributed by atoms with Gasteiger partial charge >= 0.3 is 12.4 Å². The number of alkyl halides is 6. The number of aromatic nitrogens is 2. The lowest BCUT2D eigenvalue weighted by molar-refractivity contribution is -0.143. The summed E-state index contributed by atoms with van der Waals surface area (Å²) in [6.45, 7) is -0.300. The number of aromatic amines is 1. The van der Waals surface area contributed by atoms with E-state index in [4.69, 9.17) is 9.47 Å². The Morgan fingerprint density at radius 3 is 2.31 bits per heavy atom. The normalized spacial score (nSPS) is 16.3. The molecule has 156 valence electrons. The lowest BCUT2D eigenvalue weighted by atomic mass is 10.1. The Morgan fingerprint density at radius 1 is 1.03 bits per heavy atom. The van der Waals surface area contributed by atoms with Gasteiger partial charge in [0.25, 0.3) is 11.8 Å². The van der Waals surface area contributed by atoms with Crippen LogP contribution in [0.1, 0.15) is 21.7 Å². The van der Waals surface area contributed by atoms with Crippen molar-refractivity contribution < 1.29 is 45.4 Å². The summed E-state index contributed by atoms with van der Waals surface area (Å²) >= 11 is 0. The number of ether oxygens (including phenoxy) is 2.